The molecule has 1 N–H and O–H groups in total. The van der Waals surface area contributed by atoms with Gasteiger partial charge in [-0.2, -0.15) is 0 Å². The summed E-state index contributed by atoms with van der Waals surface area (Å²) in [6.45, 7) is 0.625. The molecule has 2 amide bonds. The van der Waals surface area contributed by atoms with Gasteiger partial charge in [-0.15, -0.1) is 0 Å². The molecule has 1 aromatic rings. The summed E-state index contributed by atoms with van der Waals surface area (Å²) in [5, 5.41) is 9.79. The second kappa shape index (κ2) is 6.71. The van der Waals surface area contributed by atoms with Crippen LogP contribution in [0, 0.1) is 0 Å². The number of amides is 2. The number of aliphatic hydroxyl groups excluding tert-OH is 1. The smallest absolute Gasteiger partial charge is 0.251 e. The number of benzene rings is 1. The monoisotopic (exact) mass is 316 g/mol. The van der Waals surface area contributed by atoms with Crippen LogP contribution in [0.1, 0.15) is 30.4 Å². The van der Waals surface area contributed by atoms with Crippen LogP contribution in [0.25, 0.3) is 0 Å². The minimum Gasteiger partial charge on any atom is -0.383 e. The van der Waals surface area contributed by atoms with Gasteiger partial charge < -0.3 is 14.9 Å². The first-order valence-corrected chi connectivity index (χ1v) is 8.35. The Kier molecular flexibility index (Phi) is 4.66. The lowest BCUT2D eigenvalue weighted by molar-refractivity contribution is -0.145. The van der Waals surface area contributed by atoms with Gasteiger partial charge >= 0.3 is 0 Å². The highest BCUT2D eigenvalue weighted by molar-refractivity contribution is 5.87. The van der Waals surface area contributed by atoms with E-state index in [4.69, 9.17) is 0 Å². The van der Waals surface area contributed by atoms with E-state index in [0.29, 0.717) is 13.0 Å². The molecule has 3 rings (SSSR count). The number of likely N-dealkylation sites (tertiary alicyclic amines) is 1. The van der Waals surface area contributed by atoms with Crippen molar-refractivity contribution < 1.29 is 14.7 Å². The molecule has 23 heavy (non-hydrogen) atoms. The Morgan fingerprint density at radius 3 is 2.57 bits per heavy atom. The molecule has 1 fully saturated rings. The van der Waals surface area contributed by atoms with Crippen LogP contribution in [0.3, 0.4) is 0 Å². The van der Waals surface area contributed by atoms with Crippen molar-refractivity contribution in [3.05, 3.63) is 35.4 Å². The zero-order valence-electron chi connectivity index (χ0n) is 13.6. The Labute approximate surface area is 136 Å². The Morgan fingerprint density at radius 1 is 1.26 bits per heavy atom. The van der Waals surface area contributed by atoms with E-state index in [1.165, 1.54) is 16.0 Å². The fourth-order valence-electron chi connectivity index (χ4n) is 3.53. The van der Waals surface area contributed by atoms with Crippen LogP contribution >= 0.6 is 0 Å². The molecule has 1 unspecified atom stereocenters. The Balaban J connectivity index is 1.61. The summed E-state index contributed by atoms with van der Waals surface area (Å²) in [7, 11) is 1.82. The third-order valence-corrected chi connectivity index (χ3v) is 5.05. The molecule has 0 bridgehead atoms. The van der Waals surface area contributed by atoms with Gasteiger partial charge in [-0.25, -0.2) is 0 Å². The van der Waals surface area contributed by atoms with Crippen LogP contribution in [0.15, 0.2) is 24.3 Å². The van der Waals surface area contributed by atoms with Crippen molar-refractivity contribution in [3.63, 3.8) is 0 Å². The number of aliphatic hydroxyl groups is 1. The summed E-state index contributed by atoms with van der Waals surface area (Å²) in [6, 6.07) is 8.44. The van der Waals surface area contributed by atoms with Crippen molar-refractivity contribution in [1.82, 2.24) is 9.80 Å². The van der Waals surface area contributed by atoms with Crippen LogP contribution in [-0.2, 0) is 22.4 Å². The third kappa shape index (κ3) is 3.39. The van der Waals surface area contributed by atoms with E-state index in [-0.39, 0.29) is 24.4 Å². The summed E-state index contributed by atoms with van der Waals surface area (Å²) < 4.78 is 0. The van der Waals surface area contributed by atoms with Crippen molar-refractivity contribution in [3.8, 4) is 0 Å². The van der Waals surface area contributed by atoms with Crippen LogP contribution < -0.4 is 0 Å². The van der Waals surface area contributed by atoms with E-state index in [0.717, 1.165) is 25.7 Å². The quantitative estimate of drug-likeness (QED) is 0.904. The molecule has 1 aliphatic carbocycles. The minimum absolute atomic E-state index is 0.0507. The number of rotatable bonds is 3. The van der Waals surface area contributed by atoms with Gasteiger partial charge in [-0.05, 0) is 43.2 Å². The lowest BCUT2D eigenvalue weighted by Gasteiger charge is -2.28. The van der Waals surface area contributed by atoms with E-state index in [9.17, 15) is 14.7 Å². The van der Waals surface area contributed by atoms with Gasteiger partial charge in [0.1, 0.15) is 6.10 Å². The second-order valence-electron chi connectivity index (χ2n) is 6.61. The van der Waals surface area contributed by atoms with Gasteiger partial charge in [0, 0.05) is 19.6 Å². The summed E-state index contributed by atoms with van der Waals surface area (Å²) in [4.78, 5) is 28.0. The van der Waals surface area contributed by atoms with Crippen molar-refractivity contribution in [2.45, 2.75) is 44.2 Å². The van der Waals surface area contributed by atoms with Crippen molar-refractivity contribution >= 4 is 11.8 Å². The van der Waals surface area contributed by atoms with Crippen molar-refractivity contribution in [2.24, 2.45) is 0 Å². The van der Waals surface area contributed by atoms with Gasteiger partial charge in [0.05, 0.1) is 6.54 Å². The largest absolute Gasteiger partial charge is 0.383 e. The van der Waals surface area contributed by atoms with Gasteiger partial charge in [-0.3, -0.25) is 9.59 Å². The van der Waals surface area contributed by atoms with Crippen LogP contribution in [-0.4, -0.2) is 59.0 Å². The molecule has 0 saturated carbocycles. The molecule has 0 spiro atoms. The van der Waals surface area contributed by atoms with Gasteiger partial charge in [0.25, 0.3) is 5.91 Å². The van der Waals surface area contributed by atoms with Crippen molar-refractivity contribution in [1.29, 1.82) is 0 Å². The number of hydrogen-bond donors (Lipinski definition) is 1. The molecule has 124 valence electrons. The molecule has 0 radical (unpaired) electrons. The first-order chi connectivity index (χ1) is 11.1. The van der Waals surface area contributed by atoms with Crippen LogP contribution in [0.2, 0.25) is 0 Å². The van der Waals surface area contributed by atoms with Gasteiger partial charge in [0.2, 0.25) is 5.91 Å². The van der Waals surface area contributed by atoms with Gasteiger partial charge in [-0.1, -0.05) is 24.3 Å². The second-order valence-corrected chi connectivity index (χ2v) is 6.61. The number of carbonyl (C=O) groups excluding carboxylic acids is 2. The number of likely N-dealkylation sites (N-methyl/N-ethyl adjacent to an activating group) is 1. The highest BCUT2D eigenvalue weighted by atomic mass is 16.3. The van der Waals surface area contributed by atoms with E-state index in [2.05, 4.69) is 12.1 Å². The van der Waals surface area contributed by atoms with E-state index in [1.807, 2.05) is 19.2 Å². The maximum absolute atomic E-state index is 12.6. The maximum atomic E-state index is 12.6. The molecular formula is C18H24N2O3. The lowest BCUT2D eigenvalue weighted by atomic mass is 10.1. The third-order valence-electron chi connectivity index (χ3n) is 5.05. The number of fused-ring (bicyclic) bond motifs is 1. The molecule has 5 heteroatoms. The zero-order chi connectivity index (χ0) is 16.4. The molecule has 1 aliphatic heterocycles. The summed E-state index contributed by atoms with van der Waals surface area (Å²) in [5.41, 5.74) is 2.61. The summed E-state index contributed by atoms with van der Waals surface area (Å²) in [5.74, 6) is -0.357. The average molecular weight is 316 g/mol. The van der Waals surface area contributed by atoms with E-state index < -0.39 is 6.10 Å². The molecule has 5 nitrogen and oxygen atoms in total. The van der Waals surface area contributed by atoms with Crippen molar-refractivity contribution in [2.75, 3.05) is 20.1 Å². The predicted octanol–water partition coefficient (Wildman–Crippen LogP) is 0.986. The minimum atomic E-state index is -0.952. The van der Waals surface area contributed by atoms with Crippen LogP contribution in [0.4, 0.5) is 0 Å². The molecule has 1 atom stereocenters. The number of nitrogens with zero attached hydrogens (tertiary/aromatic N) is 2. The Morgan fingerprint density at radius 2 is 1.91 bits per heavy atom. The maximum Gasteiger partial charge on any atom is 0.251 e. The summed E-state index contributed by atoms with van der Waals surface area (Å²) >= 11 is 0. The molecule has 1 saturated heterocycles. The standard InChI is InChI=1S/C18H24N2O3/c1-19(15-10-13-6-2-3-7-14(13)11-15)17(22)12-20-9-5-4-8-16(21)18(20)23/h2-3,6-7,15-16,21H,4-5,8-12H2,1H3. The van der Waals surface area contributed by atoms with Gasteiger partial charge in [0.15, 0.2) is 0 Å². The topological polar surface area (TPSA) is 60.9 Å². The Bertz CT molecular complexity index is 577. The van der Waals surface area contributed by atoms with E-state index >= 15 is 0 Å². The molecule has 0 aromatic heterocycles. The highest BCUT2D eigenvalue weighted by Crippen LogP contribution is 2.25. The zero-order valence-corrected chi connectivity index (χ0v) is 13.6. The van der Waals surface area contributed by atoms with Crippen LogP contribution in [0.5, 0.6) is 0 Å². The fourth-order valence-corrected chi connectivity index (χ4v) is 3.53. The number of hydrogen-bond acceptors (Lipinski definition) is 3. The SMILES string of the molecule is CN(C(=O)CN1CCCCC(O)C1=O)C1Cc2ccccc2C1. The normalized spacial score (nSPS) is 21.9. The van der Waals surface area contributed by atoms with E-state index in [1.54, 1.807) is 4.90 Å². The molecule has 2 aliphatic rings. The summed E-state index contributed by atoms with van der Waals surface area (Å²) in [6.07, 6.45) is 2.95. The lowest BCUT2D eigenvalue weighted by Crippen LogP contribution is -2.47. The predicted molar refractivity (Wildman–Crippen MR) is 86.8 cm³/mol. The number of carbonyl (C=O) groups is 2. The molecular weight excluding hydrogens is 292 g/mol. The Hall–Kier alpha value is -1.88. The first-order valence-electron chi connectivity index (χ1n) is 8.35. The molecule has 1 heterocycles. The highest BCUT2D eigenvalue weighted by Gasteiger charge is 2.31. The fraction of sp³-hybridized carbons (Fsp3) is 0.556. The first kappa shape index (κ1) is 16.0. The molecule has 1 aromatic carbocycles. The average Bonchev–Trinajstić information content (AvgIpc) is 2.93.